The van der Waals surface area contributed by atoms with Crippen molar-refractivity contribution in [3.05, 3.63) is 59.4 Å². The van der Waals surface area contributed by atoms with E-state index in [2.05, 4.69) is 5.32 Å². The molecular weight excluding hydrogens is 401 g/mol. The average Bonchev–Trinajstić information content (AvgIpc) is 2.67. The number of carbonyl (C=O) groups excluding carboxylic acids is 2. The van der Waals surface area contributed by atoms with Gasteiger partial charge < -0.3 is 10.1 Å². The number of hydrogen-bond acceptors (Lipinski definition) is 5. The van der Waals surface area contributed by atoms with Gasteiger partial charge in [-0.2, -0.15) is 12.7 Å². The molecule has 156 valence electrons. The Labute approximate surface area is 169 Å². The lowest BCUT2D eigenvalue weighted by Crippen LogP contribution is -2.44. The molecule has 0 saturated carbocycles. The molecule has 0 fully saturated rings. The second-order valence-corrected chi connectivity index (χ2v) is 8.33. The van der Waals surface area contributed by atoms with E-state index in [1.54, 1.807) is 25.1 Å². The predicted molar refractivity (Wildman–Crippen MR) is 108 cm³/mol. The maximum absolute atomic E-state index is 14.2. The minimum absolute atomic E-state index is 0.253. The lowest BCUT2D eigenvalue weighted by molar-refractivity contribution is -0.114. The Hall–Kier alpha value is -2.98. The number of methoxy groups -OCH3 is 1. The third kappa shape index (κ3) is 4.90. The molecule has 1 N–H and O–H groups in total. The van der Waals surface area contributed by atoms with Gasteiger partial charge in [0, 0.05) is 19.8 Å². The van der Waals surface area contributed by atoms with Gasteiger partial charge in [-0.25, -0.2) is 13.5 Å². The molecule has 0 saturated heterocycles. The standard InChI is InChI=1S/C19H22FN3O5S/c1-13-14(19(25)28-4)8-7-10-16(13)21-18(24)12-23(29(26,27)22(2)3)17-11-6-5-9-15(17)20/h5-11H,12H2,1-4H3,(H,21,24). The van der Waals surface area contributed by atoms with Crippen LogP contribution in [0.25, 0.3) is 0 Å². The van der Waals surface area contributed by atoms with Gasteiger partial charge in [-0.3, -0.25) is 4.79 Å². The Morgan fingerprint density at radius 1 is 1.10 bits per heavy atom. The second kappa shape index (κ2) is 9.01. The van der Waals surface area contributed by atoms with Crippen LogP contribution in [-0.4, -0.2) is 52.3 Å². The normalized spacial score (nSPS) is 11.2. The number of anilines is 2. The maximum atomic E-state index is 14.2. The number of carbonyl (C=O) groups is 2. The average molecular weight is 423 g/mol. The molecule has 10 heteroatoms. The Bertz CT molecular complexity index is 1020. The second-order valence-electron chi connectivity index (χ2n) is 6.27. The molecule has 0 aliphatic heterocycles. The van der Waals surface area contributed by atoms with Crippen LogP contribution < -0.4 is 9.62 Å². The van der Waals surface area contributed by atoms with Crippen molar-refractivity contribution in [3.8, 4) is 0 Å². The third-order valence-electron chi connectivity index (χ3n) is 4.16. The summed E-state index contributed by atoms with van der Waals surface area (Å²) in [4.78, 5) is 24.4. The summed E-state index contributed by atoms with van der Waals surface area (Å²) >= 11 is 0. The summed E-state index contributed by atoms with van der Waals surface area (Å²) in [7, 11) is -0.339. The van der Waals surface area contributed by atoms with E-state index in [1.807, 2.05) is 0 Å². The summed E-state index contributed by atoms with van der Waals surface area (Å²) in [6.45, 7) is 0.955. The lowest BCUT2D eigenvalue weighted by atomic mass is 10.1. The van der Waals surface area contributed by atoms with Crippen molar-refractivity contribution in [3.63, 3.8) is 0 Å². The zero-order valence-corrected chi connectivity index (χ0v) is 17.3. The zero-order chi connectivity index (χ0) is 21.8. The van der Waals surface area contributed by atoms with Crippen molar-refractivity contribution < 1.29 is 27.1 Å². The fourth-order valence-electron chi connectivity index (χ4n) is 2.56. The van der Waals surface area contributed by atoms with Crippen LogP contribution in [0.15, 0.2) is 42.5 Å². The summed E-state index contributed by atoms with van der Waals surface area (Å²) in [5, 5.41) is 2.57. The fourth-order valence-corrected chi connectivity index (χ4v) is 3.64. The van der Waals surface area contributed by atoms with Gasteiger partial charge in [0.05, 0.1) is 18.4 Å². The first kappa shape index (κ1) is 22.3. The van der Waals surface area contributed by atoms with Gasteiger partial charge in [0.15, 0.2) is 0 Å². The number of esters is 1. The first-order valence-electron chi connectivity index (χ1n) is 8.52. The molecule has 1 amide bonds. The first-order valence-corrected chi connectivity index (χ1v) is 9.91. The number of benzene rings is 2. The van der Waals surface area contributed by atoms with Gasteiger partial charge in [-0.15, -0.1) is 0 Å². The third-order valence-corrected chi connectivity index (χ3v) is 5.97. The molecular formula is C19H22FN3O5S. The molecule has 0 aliphatic carbocycles. The van der Waals surface area contributed by atoms with Crippen LogP contribution in [-0.2, 0) is 19.7 Å². The van der Waals surface area contributed by atoms with E-state index < -0.39 is 34.4 Å². The highest BCUT2D eigenvalue weighted by molar-refractivity contribution is 7.90. The number of nitrogens with one attached hydrogen (secondary N) is 1. The fraction of sp³-hybridized carbons (Fsp3) is 0.263. The molecule has 0 heterocycles. The maximum Gasteiger partial charge on any atom is 0.338 e. The Balaban J connectivity index is 2.35. The molecule has 0 bridgehead atoms. The van der Waals surface area contributed by atoms with Gasteiger partial charge in [0.1, 0.15) is 12.4 Å². The van der Waals surface area contributed by atoms with Crippen molar-refractivity contribution >= 4 is 33.5 Å². The molecule has 2 aromatic rings. The van der Waals surface area contributed by atoms with E-state index in [0.717, 1.165) is 10.4 Å². The minimum Gasteiger partial charge on any atom is -0.465 e. The molecule has 0 unspecified atom stereocenters. The van der Waals surface area contributed by atoms with Crippen LogP contribution in [0.4, 0.5) is 15.8 Å². The van der Waals surface area contributed by atoms with Crippen LogP contribution >= 0.6 is 0 Å². The van der Waals surface area contributed by atoms with E-state index in [1.165, 1.54) is 39.4 Å². The lowest BCUT2D eigenvalue weighted by Gasteiger charge is -2.27. The van der Waals surface area contributed by atoms with E-state index in [4.69, 9.17) is 4.74 Å². The molecule has 0 spiro atoms. The van der Waals surface area contributed by atoms with Crippen molar-refractivity contribution in [1.82, 2.24) is 4.31 Å². The van der Waals surface area contributed by atoms with Gasteiger partial charge >= 0.3 is 16.2 Å². The topological polar surface area (TPSA) is 96.0 Å². The molecule has 8 nitrogen and oxygen atoms in total. The number of ether oxygens (including phenoxy) is 1. The van der Waals surface area contributed by atoms with E-state index >= 15 is 0 Å². The van der Waals surface area contributed by atoms with Crippen LogP contribution in [0, 0.1) is 12.7 Å². The minimum atomic E-state index is -4.15. The Kier molecular flexibility index (Phi) is 6.93. The summed E-state index contributed by atoms with van der Waals surface area (Å²) in [6.07, 6.45) is 0. The molecule has 29 heavy (non-hydrogen) atoms. The van der Waals surface area contributed by atoms with Gasteiger partial charge in [-0.1, -0.05) is 18.2 Å². The Morgan fingerprint density at radius 3 is 2.34 bits per heavy atom. The quantitative estimate of drug-likeness (QED) is 0.689. The van der Waals surface area contributed by atoms with Gasteiger partial charge in [0.25, 0.3) is 0 Å². The van der Waals surface area contributed by atoms with Crippen molar-refractivity contribution in [2.75, 3.05) is 37.4 Å². The van der Waals surface area contributed by atoms with Crippen molar-refractivity contribution in [2.45, 2.75) is 6.92 Å². The van der Waals surface area contributed by atoms with E-state index in [0.29, 0.717) is 15.6 Å². The molecule has 0 aliphatic rings. The summed E-state index contributed by atoms with van der Waals surface area (Å²) in [6, 6.07) is 9.92. The molecule has 2 rings (SSSR count). The first-order chi connectivity index (χ1) is 13.6. The highest BCUT2D eigenvalue weighted by Crippen LogP contribution is 2.24. The van der Waals surface area contributed by atoms with Gasteiger partial charge in [0.2, 0.25) is 5.91 Å². The van der Waals surface area contributed by atoms with E-state index in [-0.39, 0.29) is 11.3 Å². The highest BCUT2D eigenvalue weighted by atomic mass is 32.2. The zero-order valence-electron chi connectivity index (χ0n) is 16.5. The predicted octanol–water partition coefficient (Wildman–Crippen LogP) is 2.17. The molecule has 0 atom stereocenters. The number of rotatable bonds is 7. The summed E-state index contributed by atoms with van der Waals surface area (Å²) in [5.74, 6) is -2.06. The molecule has 0 aromatic heterocycles. The number of halogens is 1. The number of hydrogen-bond donors (Lipinski definition) is 1. The molecule has 0 radical (unpaired) electrons. The van der Waals surface area contributed by atoms with Crippen LogP contribution in [0.2, 0.25) is 0 Å². The summed E-state index contributed by atoms with van der Waals surface area (Å²) in [5.41, 5.74) is 0.780. The van der Waals surface area contributed by atoms with Crippen LogP contribution in [0.5, 0.6) is 0 Å². The highest BCUT2D eigenvalue weighted by Gasteiger charge is 2.29. The largest absolute Gasteiger partial charge is 0.465 e. The number of amides is 1. The Morgan fingerprint density at radius 2 is 1.76 bits per heavy atom. The molecule has 2 aromatic carbocycles. The van der Waals surface area contributed by atoms with Crippen molar-refractivity contribution in [1.29, 1.82) is 0 Å². The monoisotopic (exact) mass is 423 g/mol. The van der Waals surface area contributed by atoms with Crippen LogP contribution in [0.3, 0.4) is 0 Å². The SMILES string of the molecule is COC(=O)c1cccc(NC(=O)CN(c2ccccc2F)S(=O)(=O)N(C)C)c1C. The number of para-hydroxylation sites is 1. The van der Waals surface area contributed by atoms with E-state index in [9.17, 15) is 22.4 Å². The summed E-state index contributed by atoms with van der Waals surface area (Å²) < 4.78 is 45.8. The number of nitrogens with zero attached hydrogens (tertiary/aromatic N) is 2. The van der Waals surface area contributed by atoms with Crippen LogP contribution in [0.1, 0.15) is 15.9 Å². The smallest absolute Gasteiger partial charge is 0.338 e. The van der Waals surface area contributed by atoms with Crippen molar-refractivity contribution in [2.24, 2.45) is 0 Å². The van der Waals surface area contributed by atoms with Gasteiger partial charge in [-0.05, 0) is 36.8 Å².